The number of nitrogens with one attached hydrogen (secondary N) is 1. The Kier molecular flexibility index (Phi) is 3.50. The summed E-state index contributed by atoms with van der Waals surface area (Å²) in [7, 11) is 3.54. The fraction of sp³-hybridized carbons (Fsp3) is 0.385. The van der Waals surface area contributed by atoms with Crippen LogP contribution in [0.1, 0.15) is 16.8 Å². The SMILES string of the molecule is COc1c(CNc2cnccc2C)c(C)nn1C. The monoisotopic (exact) mass is 246 g/mol. The van der Waals surface area contributed by atoms with Gasteiger partial charge in [-0.05, 0) is 25.5 Å². The minimum Gasteiger partial charge on any atom is -0.481 e. The standard InChI is InChI=1S/C13H18N4O/c1-9-5-6-14-8-12(9)15-7-11-10(2)16-17(3)13(11)18-4/h5-6,8,15H,7H2,1-4H3. The number of anilines is 1. The molecule has 0 aliphatic carbocycles. The van der Waals surface area contributed by atoms with E-state index in [9.17, 15) is 0 Å². The molecule has 0 fully saturated rings. The van der Waals surface area contributed by atoms with Crippen LogP contribution in [0.5, 0.6) is 5.88 Å². The maximum atomic E-state index is 5.36. The highest BCUT2D eigenvalue weighted by atomic mass is 16.5. The van der Waals surface area contributed by atoms with Gasteiger partial charge in [0, 0.05) is 19.8 Å². The summed E-state index contributed by atoms with van der Waals surface area (Å²) < 4.78 is 7.11. The molecule has 0 spiro atoms. The Morgan fingerprint density at radius 2 is 2.17 bits per heavy atom. The molecule has 5 nitrogen and oxygen atoms in total. The second-order valence-corrected chi connectivity index (χ2v) is 4.24. The highest BCUT2D eigenvalue weighted by molar-refractivity contribution is 5.49. The molecule has 2 aromatic heterocycles. The summed E-state index contributed by atoms with van der Waals surface area (Å²) in [5.41, 5.74) is 4.25. The lowest BCUT2D eigenvalue weighted by atomic mass is 10.2. The largest absolute Gasteiger partial charge is 0.481 e. The van der Waals surface area contributed by atoms with E-state index in [1.54, 1.807) is 18.0 Å². The van der Waals surface area contributed by atoms with Crippen molar-refractivity contribution >= 4 is 5.69 Å². The number of nitrogens with zero attached hydrogens (tertiary/aromatic N) is 3. The first-order valence-electron chi connectivity index (χ1n) is 5.84. The number of hydrogen-bond acceptors (Lipinski definition) is 4. The van der Waals surface area contributed by atoms with E-state index in [1.165, 1.54) is 5.56 Å². The zero-order chi connectivity index (χ0) is 13.1. The van der Waals surface area contributed by atoms with Gasteiger partial charge in [0.05, 0.1) is 30.3 Å². The lowest BCUT2D eigenvalue weighted by molar-refractivity contribution is 0.370. The lowest BCUT2D eigenvalue weighted by Crippen LogP contribution is -2.04. The van der Waals surface area contributed by atoms with Gasteiger partial charge in [-0.2, -0.15) is 5.10 Å². The molecule has 0 aromatic carbocycles. The van der Waals surface area contributed by atoms with Crippen LogP contribution in [-0.2, 0) is 13.6 Å². The minimum atomic E-state index is 0.676. The summed E-state index contributed by atoms with van der Waals surface area (Å²) in [5, 5.41) is 7.71. The van der Waals surface area contributed by atoms with Crippen molar-refractivity contribution in [2.24, 2.45) is 7.05 Å². The van der Waals surface area contributed by atoms with Gasteiger partial charge in [0.15, 0.2) is 0 Å². The first-order valence-corrected chi connectivity index (χ1v) is 5.84. The highest BCUT2D eigenvalue weighted by Gasteiger charge is 2.13. The van der Waals surface area contributed by atoms with Crippen molar-refractivity contribution < 1.29 is 4.74 Å². The minimum absolute atomic E-state index is 0.676. The molecule has 96 valence electrons. The second kappa shape index (κ2) is 5.08. The van der Waals surface area contributed by atoms with Crippen molar-refractivity contribution in [3.8, 4) is 5.88 Å². The molecule has 0 unspecified atom stereocenters. The van der Waals surface area contributed by atoms with Crippen LogP contribution in [0.25, 0.3) is 0 Å². The summed E-state index contributed by atoms with van der Waals surface area (Å²) >= 11 is 0. The van der Waals surface area contributed by atoms with Crippen LogP contribution in [0.4, 0.5) is 5.69 Å². The highest BCUT2D eigenvalue weighted by Crippen LogP contribution is 2.22. The van der Waals surface area contributed by atoms with Crippen LogP contribution < -0.4 is 10.1 Å². The average Bonchev–Trinajstić information content (AvgIpc) is 2.62. The molecule has 0 bridgehead atoms. The molecule has 2 heterocycles. The quantitative estimate of drug-likeness (QED) is 0.897. The Labute approximate surface area is 107 Å². The summed E-state index contributed by atoms with van der Waals surface area (Å²) in [6.07, 6.45) is 3.62. The summed E-state index contributed by atoms with van der Waals surface area (Å²) in [4.78, 5) is 4.11. The van der Waals surface area contributed by atoms with Crippen LogP contribution in [-0.4, -0.2) is 21.9 Å². The van der Waals surface area contributed by atoms with Gasteiger partial charge >= 0.3 is 0 Å². The number of aryl methyl sites for hydroxylation is 3. The van der Waals surface area contributed by atoms with Gasteiger partial charge < -0.3 is 10.1 Å². The molecule has 0 saturated heterocycles. The summed E-state index contributed by atoms with van der Waals surface area (Å²) in [6.45, 7) is 4.71. The Morgan fingerprint density at radius 1 is 1.39 bits per heavy atom. The fourth-order valence-corrected chi connectivity index (χ4v) is 1.97. The Hall–Kier alpha value is -2.04. The van der Waals surface area contributed by atoms with E-state index < -0.39 is 0 Å². The molecular formula is C13H18N4O. The van der Waals surface area contributed by atoms with Crippen LogP contribution in [0.3, 0.4) is 0 Å². The fourth-order valence-electron chi connectivity index (χ4n) is 1.97. The summed E-state index contributed by atoms with van der Waals surface area (Å²) in [6, 6.07) is 1.98. The van der Waals surface area contributed by atoms with Crippen molar-refractivity contribution in [3.63, 3.8) is 0 Å². The van der Waals surface area contributed by atoms with Crippen molar-refractivity contribution in [2.45, 2.75) is 20.4 Å². The van der Waals surface area contributed by atoms with E-state index >= 15 is 0 Å². The zero-order valence-corrected chi connectivity index (χ0v) is 11.2. The molecule has 1 N–H and O–H groups in total. The number of methoxy groups -OCH3 is 1. The number of rotatable bonds is 4. The van der Waals surface area contributed by atoms with E-state index in [0.717, 1.165) is 22.8 Å². The van der Waals surface area contributed by atoms with Gasteiger partial charge in [0.2, 0.25) is 5.88 Å². The summed E-state index contributed by atoms with van der Waals surface area (Å²) in [5.74, 6) is 0.793. The first kappa shape index (κ1) is 12.4. The molecule has 0 aliphatic heterocycles. The average molecular weight is 246 g/mol. The van der Waals surface area contributed by atoms with Crippen molar-refractivity contribution in [1.29, 1.82) is 0 Å². The third kappa shape index (κ3) is 2.30. The van der Waals surface area contributed by atoms with Crippen molar-refractivity contribution in [3.05, 3.63) is 35.3 Å². The molecule has 0 atom stereocenters. The molecule has 2 aromatic rings. The van der Waals surface area contributed by atoms with E-state index in [4.69, 9.17) is 4.74 Å². The predicted molar refractivity (Wildman–Crippen MR) is 70.8 cm³/mol. The second-order valence-electron chi connectivity index (χ2n) is 4.24. The van der Waals surface area contributed by atoms with E-state index in [-0.39, 0.29) is 0 Å². The van der Waals surface area contributed by atoms with Gasteiger partial charge in [-0.25, -0.2) is 4.68 Å². The number of pyridine rings is 1. The maximum absolute atomic E-state index is 5.36. The van der Waals surface area contributed by atoms with E-state index in [1.807, 2.05) is 26.2 Å². The predicted octanol–water partition coefficient (Wildman–Crippen LogP) is 2.05. The molecule has 0 radical (unpaired) electrons. The number of ether oxygens (including phenoxy) is 1. The van der Waals surface area contributed by atoms with Gasteiger partial charge in [-0.3, -0.25) is 4.98 Å². The Balaban J connectivity index is 2.18. The zero-order valence-electron chi connectivity index (χ0n) is 11.2. The molecule has 18 heavy (non-hydrogen) atoms. The topological polar surface area (TPSA) is 52.0 Å². The van der Waals surface area contributed by atoms with E-state index in [2.05, 4.69) is 22.3 Å². The lowest BCUT2D eigenvalue weighted by Gasteiger charge is -2.09. The van der Waals surface area contributed by atoms with Gasteiger partial charge in [-0.15, -0.1) is 0 Å². The van der Waals surface area contributed by atoms with Crippen molar-refractivity contribution in [2.75, 3.05) is 12.4 Å². The molecule has 5 heteroatoms. The Morgan fingerprint density at radius 3 is 2.83 bits per heavy atom. The van der Waals surface area contributed by atoms with Gasteiger partial charge in [0.25, 0.3) is 0 Å². The van der Waals surface area contributed by atoms with Crippen LogP contribution >= 0.6 is 0 Å². The number of aromatic nitrogens is 3. The normalized spacial score (nSPS) is 10.4. The maximum Gasteiger partial charge on any atom is 0.216 e. The molecule has 0 saturated carbocycles. The third-order valence-electron chi connectivity index (χ3n) is 2.98. The molecule has 0 aliphatic rings. The van der Waals surface area contributed by atoms with E-state index in [0.29, 0.717) is 6.54 Å². The first-order chi connectivity index (χ1) is 8.63. The van der Waals surface area contributed by atoms with Gasteiger partial charge in [-0.1, -0.05) is 0 Å². The smallest absolute Gasteiger partial charge is 0.216 e. The van der Waals surface area contributed by atoms with Crippen LogP contribution in [0.15, 0.2) is 18.5 Å². The third-order valence-corrected chi connectivity index (χ3v) is 2.98. The molecule has 0 amide bonds. The Bertz CT molecular complexity index is 548. The van der Waals surface area contributed by atoms with Crippen LogP contribution in [0.2, 0.25) is 0 Å². The van der Waals surface area contributed by atoms with Crippen LogP contribution in [0, 0.1) is 13.8 Å². The number of hydrogen-bond donors (Lipinski definition) is 1. The molecule has 2 rings (SSSR count). The molecular weight excluding hydrogens is 228 g/mol. The van der Waals surface area contributed by atoms with Crippen molar-refractivity contribution in [1.82, 2.24) is 14.8 Å². The van der Waals surface area contributed by atoms with Gasteiger partial charge in [0.1, 0.15) is 0 Å².